The predicted octanol–water partition coefficient (Wildman–Crippen LogP) is 3.77. The summed E-state index contributed by atoms with van der Waals surface area (Å²) in [5, 5.41) is 8.41. The van der Waals surface area contributed by atoms with E-state index < -0.39 is 11.2 Å². The number of aromatic nitrogens is 2. The number of hydrogen-bond acceptors (Lipinski definition) is 6. The quantitative estimate of drug-likeness (QED) is 0.431. The minimum atomic E-state index is -0.415. The Kier molecular flexibility index (Phi) is 6.80. The third-order valence-corrected chi connectivity index (χ3v) is 7.02. The molecule has 0 radical (unpaired) electrons. The van der Waals surface area contributed by atoms with E-state index in [0.29, 0.717) is 30.6 Å². The number of rotatable bonds is 5. The number of carbonyl (C=O) groups excluding carboxylic acids is 1. The molecular formula is C28H29FN4O3. The zero-order valence-corrected chi connectivity index (χ0v) is 20.2. The van der Waals surface area contributed by atoms with Crippen molar-refractivity contribution >= 4 is 33.8 Å². The summed E-state index contributed by atoms with van der Waals surface area (Å²) in [6.07, 6.45) is 6.03. The first-order valence-electron chi connectivity index (χ1n) is 12.2. The highest BCUT2D eigenvalue weighted by Gasteiger charge is 2.27. The molecule has 1 saturated carbocycles. The number of carbonyl (C=O) groups is 1. The van der Waals surface area contributed by atoms with E-state index in [9.17, 15) is 9.59 Å². The van der Waals surface area contributed by atoms with Crippen molar-refractivity contribution in [3.63, 3.8) is 0 Å². The van der Waals surface area contributed by atoms with Gasteiger partial charge in [0.25, 0.3) is 0 Å². The number of para-hydroxylation sites is 1. The Morgan fingerprint density at radius 2 is 1.83 bits per heavy atom. The lowest BCUT2D eigenvalue weighted by Gasteiger charge is -2.36. The van der Waals surface area contributed by atoms with Crippen molar-refractivity contribution in [3.05, 3.63) is 82.0 Å². The summed E-state index contributed by atoms with van der Waals surface area (Å²) < 4.78 is 17.2. The van der Waals surface area contributed by atoms with Gasteiger partial charge in [0.2, 0.25) is 0 Å². The predicted molar refractivity (Wildman–Crippen MR) is 139 cm³/mol. The molecule has 2 fully saturated rings. The molecule has 0 amide bonds. The molecule has 6 rings (SSSR count). The molecule has 3 heterocycles. The van der Waals surface area contributed by atoms with Crippen LogP contribution in [0.15, 0.2) is 59.7 Å². The van der Waals surface area contributed by atoms with E-state index in [-0.39, 0.29) is 17.0 Å². The van der Waals surface area contributed by atoms with Gasteiger partial charge in [0.15, 0.2) is 11.7 Å². The van der Waals surface area contributed by atoms with E-state index in [1.807, 2.05) is 16.8 Å². The van der Waals surface area contributed by atoms with Crippen LogP contribution in [0, 0.1) is 5.82 Å². The van der Waals surface area contributed by atoms with Crippen LogP contribution in [0.5, 0.6) is 0 Å². The number of nitrogens with zero attached hydrogens (tertiary/aromatic N) is 4. The van der Waals surface area contributed by atoms with E-state index in [1.165, 1.54) is 11.6 Å². The van der Waals surface area contributed by atoms with Gasteiger partial charge in [-0.05, 0) is 36.6 Å². The summed E-state index contributed by atoms with van der Waals surface area (Å²) in [5.41, 5.74) is 3.14. The molecule has 1 N–H and O–H groups in total. The number of hydrogen-bond donors (Lipinski definition) is 1. The maximum atomic E-state index is 15.2. The number of piperazine rings is 1. The van der Waals surface area contributed by atoms with Gasteiger partial charge in [-0.3, -0.25) is 19.5 Å². The fourth-order valence-corrected chi connectivity index (χ4v) is 5.04. The number of aliphatic hydroxyl groups excluding tert-OH is 1. The van der Waals surface area contributed by atoms with Crippen LogP contribution in [0.1, 0.15) is 34.8 Å². The van der Waals surface area contributed by atoms with Crippen LogP contribution < -0.4 is 10.3 Å². The molecule has 4 aromatic rings. The van der Waals surface area contributed by atoms with Crippen molar-refractivity contribution in [3.8, 4) is 0 Å². The number of fused-ring (bicyclic) bond motifs is 2. The van der Waals surface area contributed by atoms with Crippen LogP contribution in [-0.2, 0) is 6.54 Å². The summed E-state index contributed by atoms with van der Waals surface area (Å²) in [7, 11) is 1.00. The minimum Gasteiger partial charge on any atom is -0.400 e. The Bertz CT molecular complexity index is 1470. The lowest BCUT2D eigenvalue weighted by molar-refractivity contribution is 0.112. The maximum absolute atomic E-state index is 15.2. The molecule has 186 valence electrons. The SMILES string of the molecule is CO.O=Cc1cn(C2CC2)c2cc(N3CCN(Cc4cccc5cccnc45)CC3)c(F)cc2c1=O. The van der Waals surface area contributed by atoms with Crippen LogP contribution in [0.2, 0.25) is 0 Å². The molecule has 0 spiro atoms. The topological polar surface area (TPSA) is 78.7 Å². The average Bonchev–Trinajstić information content (AvgIpc) is 3.76. The van der Waals surface area contributed by atoms with E-state index in [2.05, 4.69) is 39.0 Å². The van der Waals surface area contributed by atoms with Gasteiger partial charge in [-0.25, -0.2) is 4.39 Å². The maximum Gasteiger partial charge on any atom is 0.199 e. The molecule has 2 aliphatic rings. The Morgan fingerprint density at radius 1 is 1.08 bits per heavy atom. The normalized spacial score (nSPS) is 16.1. The van der Waals surface area contributed by atoms with Crippen molar-refractivity contribution < 1.29 is 14.3 Å². The number of anilines is 1. The lowest BCUT2D eigenvalue weighted by Crippen LogP contribution is -2.46. The summed E-state index contributed by atoms with van der Waals surface area (Å²) in [5.74, 6) is -0.415. The first-order valence-corrected chi connectivity index (χ1v) is 12.2. The number of benzene rings is 2. The Labute approximate surface area is 208 Å². The summed E-state index contributed by atoms with van der Waals surface area (Å²) in [6.45, 7) is 3.81. The third-order valence-electron chi connectivity index (χ3n) is 7.02. The number of halogens is 1. The van der Waals surface area contributed by atoms with E-state index in [0.717, 1.165) is 50.5 Å². The second-order valence-electron chi connectivity index (χ2n) is 9.25. The van der Waals surface area contributed by atoms with Crippen LogP contribution in [0.25, 0.3) is 21.8 Å². The van der Waals surface area contributed by atoms with Gasteiger partial charge in [-0.1, -0.05) is 24.3 Å². The molecule has 1 aliphatic carbocycles. The molecule has 0 unspecified atom stereocenters. The van der Waals surface area contributed by atoms with Gasteiger partial charge in [0.1, 0.15) is 5.82 Å². The summed E-state index contributed by atoms with van der Waals surface area (Å²) >= 11 is 0. The first-order chi connectivity index (χ1) is 17.6. The van der Waals surface area contributed by atoms with E-state index >= 15 is 4.39 Å². The minimum absolute atomic E-state index is 0.0862. The van der Waals surface area contributed by atoms with Gasteiger partial charge in [0, 0.05) is 69.0 Å². The largest absolute Gasteiger partial charge is 0.400 e. The standard InChI is InChI=1S/C27H25FN4O2.CH4O/c28-23-13-22-24(32(21-6-7-21)16-20(17-33)27(22)34)14-25(23)31-11-9-30(10-12-31)15-19-4-1-3-18-5-2-8-29-26(18)19;1-2/h1-5,8,13-14,16-17,21H,6-7,9-12,15H2;2H,1H3. The van der Waals surface area contributed by atoms with Gasteiger partial charge in [-0.2, -0.15) is 0 Å². The molecule has 0 atom stereocenters. The summed E-state index contributed by atoms with van der Waals surface area (Å²) in [6, 6.07) is 13.7. The van der Waals surface area contributed by atoms with E-state index in [1.54, 1.807) is 12.3 Å². The molecule has 1 saturated heterocycles. The van der Waals surface area contributed by atoms with Crippen LogP contribution in [0.4, 0.5) is 10.1 Å². The lowest BCUT2D eigenvalue weighted by atomic mass is 10.1. The molecule has 7 nitrogen and oxygen atoms in total. The first kappa shape index (κ1) is 24.1. The average molecular weight is 489 g/mol. The van der Waals surface area contributed by atoms with Gasteiger partial charge in [-0.15, -0.1) is 0 Å². The van der Waals surface area contributed by atoms with E-state index in [4.69, 9.17) is 5.11 Å². The Balaban J connectivity index is 0.00000130. The fraction of sp³-hybridized carbons (Fsp3) is 0.321. The zero-order chi connectivity index (χ0) is 25.2. The Morgan fingerprint density at radius 3 is 2.56 bits per heavy atom. The highest BCUT2D eigenvalue weighted by molar-refractivity contribution is 5.88. The second-order valence-corrected chi connectivity index (χ2v) is 9.25. The Hall–Kier alpha value is -3.62. The third kappa shape index (κ3) is 4.50. The van der Waals surface area contributed by atoms with Gasteiger partial charge >= 0.3 is 0 Å². The molecule has 0 bridgehead atoms. The van der Waals surface area contributed by atoms with Crippen LogP contribution in [0.3, 0.4) is 0 Å². The fourth-order valence-electron chi connectivity index (χ4n) is 5.04. The van der Waals surface area contributed by atoms with Gasteiger partial charge < -0.3 is 14.6 Å². The van der Waals surface area contributed by atoms with Crippen LogP contribution >= 0.6 is 0 Å². The molecule has 1 aliphatic heterocycles. The highest BCUT2D eigenvalue weighted by atomic mass is 19.1. The van der Waals surface area contributed by atoms with Crippen molar-refractivity contribution in [2.24, 2.45) is 0 Å². The molecule has 2 aromatic heterocycles. The van der Waals surface area contributed by atoms with Crippen LogP contribution in [-0.4, -0.2) is 59.1 Å². The second kappa shape index (κ2) is 10.2. The number of pyridine rings is 2. The zero-order valence-electron chi connectivity index (χ0n) is 20.2. The van der Waals surface area contributed by atoms with Crippen molar-refractivity contribution in [1.82, 2.24) is 14.5 Å². The molecule has 36 heavy (non-hydrogen) atoms. The molecular weight excluding hydrogens is 459 g/mol. The van der Waals surface area contributed by atoms with Crippen molar-refractivity contribution in [2.45, 2.75) is 25.4 Å². The number of aldehydes is 1. The smallest absolute Gasteiger partial charge is 0.199 e. The monoisotopic (exact) mass is 488 g/mol. The summed E-state index contributed by atoms with van der Waals surface area (Å²) in [4.78, 5) is 33.0. The highest BCUT2D eigenvalue weighted by Crippen LogP contribution is 2.38. The van der Waals surface area contributed by atoms with Gasteiger partial charge in [0.05, 0.1) is 22.3 Å². The van der Waals surface area contributed by atoms with Crippen molar-refractivity contribution in [2.75, 3.05) is 38.2 Å². The molecule has 2 aromatic carbocycles. The van der Waals surface area contributed by atoms with Crippen molar-refractivity contribution in [1.29, 1.82) is 0 Å². The number of aliphatic hydroxyl groups is 1. The molecule has 8 heteroatoms.